The maximum atomic E-state index is 11.0. The highest BCUT2D eigenvalue weighted by molar-refractivity contribution is 5.85. The summed E-state index contributed by atoms with van der Waals surface area (Å²) >= 11 is 0. The van der Waals surface area contributed by atoms with E-state index in [1.54, 1.807) is 12.1 Å². The third-order valence-corrected chi connectivity index (χ3v) is 3.10. The lowest BCUT2D eigenvalue weighted by Gasteiger charge is -2.23. The molecule has 110 valence electrons. The van der Waals surface area contributed by atoms with Gasteiger partial charge in [0, 0.05) is 11.6 Å². The molecule has 2 aromatic rings. The minimum absolute atomic E-state index is 0.0306. The van der Waals surface area contributed by atoms with E-state index in [-0.39, 0.29) is 17.0 Å². The van der Waals surface area contributed by atoms with Crippen LogP contribution in [0.25, 0.3) is 0 Å². The number of ether oxygens (including phenoxy) is 1. The van der Waals surface area contributed by atoms with E-state index in [0.29, 0.717) is 5.75 Å². The van der Waals surface area contributed by atoms with Crippen molar-refractivity contribution in [2.45, 2.75) is 33.1 Å². The first-order chi connectivity index (χ1) is 9.77. The Hall–Kier alpha value is -2.36. The van der Waals surface area contributed by atoms with Gasteiger partial charge in [0.25, 0.3) is 0 Å². The number of aromatic nitrogens is 1. The zero-order chi connectivity index (χ0) is 15.6. The van der Waals surface area contributed by atoms with Crippen molar-refractivity contribution in [1.29, 1.82) is 0 Å². The van der Waals surface area contributed by atoms with Gasteiger partial charge in [-0.15, -0.1) is 0 Å². The van der Waals surface area contributed by atoms with Crippen LogP contribution in [-0.2, 0) is 5.41 Å². The van der Waals surface area contributed by atoms with Crippen molar-refractivity contribution in [2.24, 2.45) is 0 Å². The molecule has 1 aromatic carbocycles. The molecule has 0 aliphatic rings. The molecule has 0 aliphatic heterocycles. The second-order valence-corrected chi connectivity index (χ2v) is 6.02. The lowest BCUT2D eigenvalue weighted by molar-refractivity contribution is 0.0689. The Labute approximate surface area is 124 Å². The second kappa shape index (κ2) is 5.56. The maximum Gasteiger partial charge on any atom is 0.354 e. The van der Waals surface area contributed by atoms with E-state index in [2.05, 4.69) is 31.8 Å². The SMILES string of the molecule is Cc1ccc(Oc2cccc(C(=O)O)n2)c(C(C)(C)C)c1. The number of rotatable bonds is 3. The van der Waals surface area contributed by atoms with Gasteiger partial charge in [0.1, 0.15) is 5.75 Å². The number of nitrogens with zero attached hydrogens (tertiary/aromatic N) is 1. The van der Waals surface area contributed by atoms with E-state index in [1.807, 2.05) is 19.1 Å². The van der Waals surface area contributed by atoms with Gasteiger partial charge >= 0.3 is 5.97 Å². The summed E-state index contributed by atoms with van der Waals surface area (Å²) in [7, 11) is 0. The summed E-state index contributed by atoms with van der Waals surface area (Å²) in [5.41, 5.74) is 2.10. The lowest BCUT2D eigenvalue weighted by Crippen LogP contribution is -2.13. The number of carboxylic acids is 1. The van der Waals surface area contributed by atoms with Gasteiger partial charge in [-0.25, -0.2) is 9.78 Å². The van der Waals surface area contributed by atoms with Crippen LogP contribution in [0.15, 0.2) is 36.4 Å². The molecule has 0 bridgehead atoms. The van der Waals surface area contributed by atoms with Gasteiger partial charge < -0.3 is 9.84 Å². The van der Waals surface area contributed by atoms with Crippen molar-refractivity contribution in [3.63, 3.8) is 0 Å². The number of carboxylic acid groups (broad SMARTS) is 1. The zero-order valence-corrected chi connectivity index (χ0v) is 12.7. The first-order valence-electron chi connectivity index (χ1n) is 6.77. The minimum Gasteiger partial charge on any atom is -0.477 e. The Morgan fingerprint density at radius 1 is 1.19 bits per heavy atom. The fourth-order valence-corrected chi connectivity index (χ4v) is 2.02. The molecule has 2 rings (SSSR count). The van der Waals surface area contributed by atoms with Crippen molar-refractivity contribution in [3.05, 3.63) is 53.2 Å². The van der Waals surface area contributed by atoms with Crippen LogP contribution in [0.1, 0.15) is 42.4 Å². The quantitative estimate of drug-likeness (QED) is 0.919. The van der Waals surface area contributed by atoms with Gasteiger partial charge in [0.05, 0.1) is 0 Å². The van der Waals surface area contributed by atoms with Gasteiger partial charge in [0.15, 0.2) is 5.69 Å². The molecule has 0 unspecified atom stereocenters. The molecule has 1 aromatic heterocycles. The molecule has 1 heterocycles. The van der Waals surface area contributed by atoms with Crippen LogP contribution in [0.5, 0.6) is 11.6 Å². The molecule has 4 nitrogen and oxygen atoms in total. The Kier molecular flexibility index (Phi) is 3.98. The predicted molar refractivity (Wildman–Crippen MR) is 81.1 cm³/mol. The second-order valence-electron chi connectivity index (χ2n) is 6.02. The van der Waals surface area contributed by atoms with Gasteiger partial charge in [-0.1, -0.05) is 44.5 Å². The lowest BCUT2D eigenvalue weighted by atomic mass is 9.85. The van der Waals surface area contributed by atoms with Crippen LogP contribution in [0.3, 0.4) is 0 Å². The monoisotopic (exact) mass is 285 g/mol. The Balaban J connectivity index is 2.40. The van der Waals surface area contributed by atoms with E-state index in [1.165, 1.54) is 6.07 Å². The first-order valence-corrected chi connectivity index (χ1v) is 6.77. The van der Waals surface area contributed by atoms with Gasteiger partial charge in [-0.05, 0) is 24.5 Å². The number of pyridine rings is 1. The molecule has 0 amide bonds. The summed E-state index contributed by atoms with van der Waals surface area (Å²) in [5, 5.41) is 8.98. The van der Waals surface area contributed by atoms with Gasteiger partial charge in [0.2, 0.25) is 5.88 Å². The van der Waals surface area contributed by atoms with Crippen molar-refractivity contribution >= 4 is 5.97 Å². The van der Waals surface area contributed by atoms with Crippen LogP contribution in [0.2, 0.25) is 0 Å². The Bertz CT molecular complexity index is 672. The zero-order valence-electron chi connectivity index (χ0n) is 12.7. The van der Waals surface area contributed by atoms with Crippen molar-refractivity contribution in [2.75, 3.05) is 0 Å². The van der Waals surface area contributed by atoms with E-state index < -0.39 is 5.97 Å². The van der Waals surface area contributed by atoms with Crippen molar-refractivity contribution < 1.29 is 14.6 Å². The van der Waals surface area contributed by atoms with Gasteiger partial charge in [-0.2, -0.15) is 0 Å². The third kappa shape index (κ3) is 3.60. The fourth-order valence-electron chi connectivity index (χ4n) is 2.02. The summed E-state index contributed by atoms with van der Waals surface area (Å²) in [4.78, 5) is 14.9. The number of aromatic carboxylic acids is 1. The predicted octanol–water partition coefficient (Wildman–Crippen LogP) is 4.18. The molecule has 4 heteroatoms. The molecular formula is C17H19NO3. The average molecular weight is 285 g/mol. The van der Waals surface area contributed by atoms with Crippen LogP contribution in [-0.4, -0.2) is 16.1 Å². The molecule has 0 saturated carbocycles. The van der Waals surface area contributed by atoms with E-state index in [4.69, 9.17) is 9.84 Å². The standard InChI is InChI=1S/C17H19NO3/c1-11-8-9-14(12(10-11)17(2,3)4)21-15-7-5-6-13(18-15)16(19)20/h5-10H,1-4H3,(H,19,20). The van der Waals surface area contributed by atoms with Crippen molar-refractivity contribution in [3.8, 4) is 11.6 Å². The first kappa shape index (κ1) is 15.0. The van der Waals surface area contributed by atoms with Crippen LogP contribution >= 0.6 is 0 Å². The minimum atomic E-state index is -1.07. The molecule has 1 N–H and O–H groups in total. The summed E-state index contributed by atoms with van der Waals surface area (Å²) in [6, 6.07) is 10.7. The third-order valence-electron chi connectivity index (χ3n) is 3.10. The van der Waals surface area contributed by atoms with E-state index >= 15 is 0 Å². The van der Waals surface area contributed by atoms with E-state index in [0.717, 1.165) is 11.1 Å². The molecule has 0 atom stereocenters. The smallest absolute Gasteiger partial charge is 0.354 e. The highest BCUT2D eigenvalue weighted by atomic mass is 16.5. The summed E-state index contributed by atoms with van der Waals surface area (Å²) < 4.78 is 5.81. The fraction of sp³-hybridized carbons (Fsp3) is 0.294. The van der Waals surface area contributed by atoms with Gasteiger partial charge in [-0.3, -0.25) is 0 Å². The average Bonchev–Trinajstić information content (AvgIpc) is 2.40. The number of aryl methyl sites for hydroxylation is 1. The summed E-state index contributed by atoms with van der Waals surface area (Å²) in [6.07, 6.45) is 0. The molecule has 0 fully saturated rings. The number of carbonyl (C=O) groups is 1. The molecular weight excluding hydrogens is 266 g/mol. The number of hydrogen-bond donors (Lipinski definition) is 1. The van der Waals surface area contributed by atoms with Crippen LogP contribution in [0.4, 0.5) is 0 Å². The molecule has 0 saturated heterocycles. The topological polar surface area (TPSA) is 59.4 Å². The van der Waals surface area contributed by atoms with Crippen LogP contribution in [0, 0.1) is 6.92 Å². The van der Waals surface area contributed by atoms with E-state index in [9.17, 15) is 4.79 Å². The molecule has 0 spiro atoms. The highest BCUT2D eigenvalue weighted by Gasteiger charge is 2.20. The maximum absolute atomic E-state index is 11.0. The van der Waals surface area contributed by atoms with Crippen molar-refractivity contribution in [1.82, 2.24) is 4.98 Å². The highest BCUT2D eigenvalue weighted by Crippen LogP contribution is 2.34. The Morgan fingerprint density at radius 3 is 2.52 bits per heavy atom. The largest absolute Gasteiger partial charge is 0.477 e. The molecule has 21 heavy (non-hydrogen) atoms. The normalized spacial score (nSPS) is 11.2. The number of hydrogen-bond acceptors (Lipinski definition) is 3. The summed E-state index contributed by atoms with van der Waals surface area (Å²) in [6.45, 7) is 8.35. The Morgan fingerprint density at radius 2 is 1.90 bits per heavy atom. The number of benzene rings is 1. The molecule has 0 radical (unpaired) electrons. The molecule has 0 aliphatic carbocycles. The van der Waals surface area contributed by atoms with Crippen LogP contribution < -0.4 is 4.74 Å². The summed E-state index contributed by atoms with van der Waals surface area (Å²) in [5.74, 6) is -0.0900.